The molecule has 8 nitrogen and oxygen atoms in total. The Hall–Kier alpha value is -3.42. The summed E-state index contributed by atoms with van der Waals surface area (Å²) in [6.07, 6.45) is 8.60. The minimum Gasteiger partial charge on any atom is -0.492 e. The number of fused-ring (bicyclic) bond motifs is 1. The molecule has 1 N–H and O–H groups in total. The molecule has 30 heavy (non-hydrogen) atoms. The first-order chi connectivity index (χ1) is 14.7. The summed E-state index contributed by atoms with van der Waals surface area (Å²) >= 11 is 0. The molecule has 3 heterocycles. The van der Waals surface area contributed by atoms with Crippen LogP contribution in [-0.4, -0.2) is 36.0 Å². The molecule has 0 spiro atoms. The number of hydrogen-bond donors (Lipinski definition) is 1. The fraction of sp³-hybridized carbons (Fsp3) is 0.364. The van der Waals surface area contributed by atoms with Crippen LogP contribution in [0.4, 0.5) is 11.6 Å². The maximum Gasteiger partial charge on any atom is 0.245 e. The van der Waals surface area contributed by atoms with Gasteiger partial charge in [0, 0.05) is 24.2 Å². The Kier molecular flexibility index (Phi) is 4.82. The number of rotatable bonds is 6. The van der Waals surface area contributed by atoms with E-state index < -0.39 is 0 Å². The van der Waals surface area contributed by atoms with Gasteiger partial charge in [0.25, 0.3) is 0 Å². The van der Waals surface area contributed by atoms with E-state index in [-0.39, 0.29) is 0 Å². The Bertz CT molecular complexity index is 1170. The molecule has 0 bridgehead atoms. The molecular weight excluding hydrogens is 378 g/mol. The smallest absolute Gasteiger partial charge is 0.245 e. The van der Waals surface area contributed by atoms with Crippen LogP contribution in [0, 0.1) is 0 Å². The standard InChI is InChI=1S/C22H25N7O/c1-3-30-20-12-16(21-26-24-14-28(21)2)8-10-18(20)25-22-23-13-17-9-11-19(29(17)27-22)15-6-4-5-7-15/h8-15H,3-7H2,1-2H3,(H,25,27). The van der Waals surface area contributed by atoms with Crippen LogP contribution in [0.5, 0.6) is 5.75 Å². The Morgan fingerprint density at radius 3 is 2.80 bits per heavy atom. The minimum atomic E-state index is 0.547. The van der Waals surface area contributed by atoms with Crippen LogP contribution in [0.2, 0.25) is 0 Å². The van der Waals surface area contributed by atoms with Gasteiger partial charge < -0.3 is 14.6 Å². The summed E-state index contributed by atoms with van der Waals surface area (Å²) in [4.78, 5) is 4.50. The van der Waals surface area contributed by atoms with Crippen molar-refractivity contribution in [3.8, 4) is 17.1 Å². The van der Waals surface area contributed by atoms with Crippen molar-refractivity contribution in [2.75, 3.05) is 11.9 Å². The molecule has 0 radical (unpaired) electrons. The molecule has 1 aliphatic rings. The van der Waals surface area contributed by atoms with Gasteiger partial charge in [0.1, 0.15) is 12.1 Å². The lowest BCUT2D eigenvalue weighted by Gasteiger charge is -2.14. The molecule has 0 atom stereocenters. The van der Waals surface area contributed by atoms with Crippen molar-refractivity contribution in [2.45, 2.75) is 38.5 Å². The second kappa shape index (κ2) is 7.78. The first kappa shape index (κ1) is 18.6. The average Bonchev–Trinajstić information content (AvgIpc) is 3.50. The van der Waals surface area contributed by atoms with E-state index in [1.807, 2.05) is 47.4 Å². The van der Waals surface area contributed by atoms with Gasteiger partial charge in [-0.15, -0.1) is 15.3 Å². The number of aromatic nitrogens is 6. The third-order valence-electron chi connectivity index (χ3n) is 5.70. The largest absolute Gasteiger partial charge is 0.492 e. The summed E-state index contributed by atoms with van der Waals surface area (Å²) in [5, 5.41) is 16.3. The topological polar surface area (TPSA) is 82.2 Å². The molecular formula is C22H25N7O. The highest BCUT2D eigenvalue weighted by atomic mass is 16.5. The van der Waals surface area contributed by atoms with E-state index in [9.17, 15) is 0 Å². The van der Waals surface area contributed by atoms with Crippen LogP contribution in [0.1, 0.15) is 44.2 Å². The van der Waals surface area contributed by atoms with Gasteiger partial charge in [-0.1, -0.05) is 12.8 Å². The maximum atomic E-state index is 5.88. The van der Waals surface area contributed by atoms with Crippen molar-refractivity contribution < 1.29 is 4.74 Å². The predicted octanol–water partition coefficient (Wildman–Crippen LogP) is 4.32. The monoisotopic (exact) mass is 403 g/mol. The third-order valence-corrected chi connectivity index (χ3v) is 5.70. The van der Waals surface area contributed by atoms with Crippen molar-refractivity contribution in [1.82, 2.24) is 29.4 Å². The first-order valence-electron chi connectivity index (χ1n) is 10.5. The summed E-state index contributed by atoms with van der Waals surface area (Å²) in [6, 6.07) is 10.2. The fourth-order valence-electron chi connectivity index (χ4n) is 4.21. The lowest BCUT2D eigenvalue weighted by Crippen LogP contribution is -2.07. The number of nitrogens with zero attached hydrogens (tertiary/aromatic N) is 6. The lowest BCUT2D eigenvalue weighted by atomic mass is 10.1. The van der Waals surface area contributed by atoms with Crippen LogP contribution in [0.3, 0.4) is 0 Å². The van der Waals surface area contributed by atoms with Gasteiger partial charge in [-0.05, 0) is 50.1 Å². The molecule has 1 aromatic carbocycles. The maximum absolute atomic E-state index is 5.88. The van der Waals surface area contributed by atoms with E-state index in [4.69, 9.17) is 9.84 Å². The molecule has 4 aromatic rings. The molecule has 0 saturated heterocycles. The van der Waals surface area contributed by atoms with Crippen molar-refractivity contribution in [3.63, 3.8) is 0 Å². The molecule has 154 valence electrons. The van der Waals surface area contributed by atoms with Gasteiger partial charge in [-0.25, -0.2) is 9.50 Å². The zero-order chi connectivity index (χ0) is 20.5. The van der Waals surface area contributed by atoms with E-state index in [0.29, 0.717) is 18.5 Å². The Balaban J connectivity index is 1.48. The van der Waals surface area contributed by atoms with E-state index in [1.54, 1.807) is 6.33 Å². The van der Waals surface area contributed by atoms with Crippen LogP contribution in [0.15, 0.2) is 42.9 Å². The second-order valence-corrected chi connectivity index (χ2v) is 7.69. The molecule has 8 heteroatoms. The molecule has 5 rings (SSSR count). The van der Waals surface area contributed by atoms with Gasteiger partial charge in [0.15, 0.2) is 5.82 Å². The van der Waals surface area contributed by atoms with E-state index in [2.05, 4.69) is 32.6 Å². The zero-order valence-electron chi connectivity index (χ0n) is 17.2. The SMILES string of the molecule is CCOc1cc(-c2nncn2C)ccc1Nc1ncc2ccc(C3CCCC3)n2n1. The number of anilines is 2. The van der Waals surface area contributed by atoms with E-state index >= 15 is 0 Å². The normalized spacial score (nSPS) is 14.5. The van der Waals surface area contributed by atoms with Crippen molar-refractivity contribution in [2.24, 2.45) is 7.05 Å². The highest BCUT2D eigenvalue weighted by molar-refractivity contribution is 5.70. The second-order valence-electron chi connectivity index (χ2n) is 7.69. The first-order valence-corrected chi connectivity index (χ1v) is 10.5. The third kappa shape index (κ3) is 3.38. The molecule has 0 amide bonds. The van der Waals surface area contributed by atoms with Crippen molar-refractivity contribution in [3.05, 3.63) is 48.5 Å². The zero-order valence-corrected chi connectivity index (χ0v) is 17.2. The molecule has 0 unspecified atom stereocenters. The number of aryl methyl sites for hydroxylation is 1. The van der Waals surface area contributed by atoms with Gasteiger partial charge in [-0.3, -0.25) is 0 Å². The van der Waals surface area contributed by atoms with Crippen LogP contribution in [-0.2, 0) is 7.05 Å². The summed E-state index contributed by atoms with van der Waals surface area (Å²) in [5.74, 6) is 2.64. The lowest BCUT2D eigenvalue weighted by molar-refractivity contribution is 0.342. The van der Waals surface area contributed by atoms with Gasteiger partial charge >= 0.3 is 0 Å². The summed E-state index contributed by atoms with van der Waals surface area (Å²) in [7, 11) is 1.92. The van der Waals surface area contributed by atoms with Gasteiger partial charge in [-0.2, -0.15) is 0 Å². The molecule has 3 aromatic heterocycles. The molecule has 0 aliphatic heterocycles. The Morgan fingerprint density at radius 2 is 2.03 bits per heavy atom. The summed E-state index contributed by atoms with van der Waals surface area (Å²) in [5.41, 5.74) is 4.05. The number of ether oxygens (including phenoxy) is 1. The Labute approximate surface area is 174 Å². The van der Waals surface area contributed by atoms with Crippen molar-refractivity contribution in [1.29, 1.82) is 0 Å². The molecule has 1 aliphatic carbocycles. The number of nitrogens with one attached hydrogen (secondary N) is 1. The molecule has 1 saturated carbocycles. The minimum absolute atomic E-state index is 0.547. The van der Waals surface area contributed by atoms with Crippen molar-refractivity contribution >= 4 is 17.2 Å². The van der Waals surface area contributed by atoms with Crippen LogP contribution in [0.25, 0.3) is 16.9 Å². The van der Waals surface area contributed by atoms with Crippen LogP contribution < -0.4 is 10.1 Å². The van der Waals surface area contributed by atoms with Gasteiger partial charge in [0.2, 0.25) is 5.95 Å². The summed E-state index contributed by atoms with van der Waals surface area (Å²) < 4.78 is 9.79. The van der Waals surface area contributed by atoms with E-state index in [0.717, 1.165) is 28.3 Å². The predicted molar refractivity (Wildman–Crippen MR) is 115 cm³/mol. The van der Waals surface area contributed by atoms with Gasteiger partial charge in [0.05, 0.1) is 24.0 Å². The fourth-order valence-corrected chi connectivity index (χ4v) is 4.21. The van der Waals surface area contributed by atoms with E-state index in [1.165, 1.54) is 31.4 Å². The number of hydrogen-bond acceptors (Lipinski definition) is 6. The average molecular weight is 403 g/mol. The Morgan fingerprint density at radius 1 is 1.17 bits per heavy atom. The molecule has 1 fully saturated rings. The van der Waals surface area contributed by atoms with Crippen LogP contribution >= 0.6 is 0 Å². The highest BCUT2D eigenvalue weighted by Gasteiger charge is 2.21. The highest BCUT2D eigenvalue weighted by Crippen LogP contribution is 2.35. The number of benzene rings is 1. The summed E-state index contributed by atoms with van der Waals surface area (Å²) in [6.45, 7) is 2.52. The quantitative estimate of drug-likeness (QED) is 0.516.